The Morgan fingerprint density at radius 3 is 2.62 bits per heavy atom. The Morgan fingerprint density at radius 2 is 1.85 bits per heavy atom. The number of amides is 1. The molecule has 0 fully saturated rings. The maximum atomic E-state index is 12.6. The standard InChI is InChI=1S/C20H21N5O/c1-15-5-3-4-6-17(15)23-20-22-13-9-18(24-20)19(26)25(2)14-10-16-7-11-21-12-8-16/h3-9,11-13H,10,14H2,1-2H3,(H,22,23,24). The van der Waals surface area contributed by atoms with Crippen LogP contribution in [0.2, 0.25) is 0 Å². The smallest absolute Gasteiger partial charge is 0.272 e. The van der Waals surface area contributed by atoms with E-state index in [0.29, 0.717) is 18.2 Å². The highest BCUT2D eigenvalue weighted by molar-refractivity contribution is 5.92. The average Bonchev–Trinajstić information content (AvgIpc) is 2.68. The summed E-state index contributed by atoms with van der Waals surface area (Å²) in [5.41, 5.74) is 3.52. The number of carbonyl (C=O) groups is 1. The monoisotopic (exact) mass is 347 g/mol. The molecule has 6 nitrogen and oxygen atoms in total. The van der Waals surface area contributed by atoms with Crippen LogP contribution in [0.15, 0.2) is 61.1 Å². The summed E-state index contributed by atoms with van der Waals surface area (Å²) >= 11 is 0. The lowest BCUT2D eigenvalue weighted by Crippen LogP contribution is -2.29. The van der Waals surface area contributed by atoms with Gasteiger partial charge < -0.3 is 10.2 Å². The fourth-order valence-electron chi connectivity index (χ4n) is 2.51. The van der Waals surface area contributed by atoms with Crippen LogP contribution in [0.5, 0.6) is 0 Å². The zero-order valence-electron chi connectivity index (χ0n) is 14.9. The minimum Gasteiger partial charge on any atom is -0.340 e. The van der Waals surface area contributed by atoms with Crippen molar-refractivity contribution in [1.29, 1.82) is 0 Å². The van der Waals surface area contributed by atoms with Gasteiger partial charge in [0.15, 0.2) is 0 Å². The molecule has 0 saturated heterocycles. The molecule has 2 heterocycles. The van der Waals surface area contributed by atoms with E-state index in [9.17, 15) is 4.79 Å². The summed E-state index contributed by atoms with van der Waals surface area (Å²) in [6.45, 7) is 2.61. The third-order valence-corrected chi connectivity index (χ3v) is 4.10. The third-order valence-electron chi connectivity index (χ3n) is 4.10. The second-order valence-electron chi connectivity index (χ2n) is 6.04. The molecule has 1 N–H and O–H groups in total. The first-order valence-corrected chi connectivity index (χ1v) is 8.43. The normalized spacial score (nSPS) is 10.4. The predicted molar refractivity (Wildman–Crippen MR) is 101 cm³/mol. The highest BCUT2D eigenvalue weighted by Gasteiger charge is 2.14. The van der Waals surface area contributed by atoms with Crippen LogP contribution in [0.3, 0.4) is 0 Å². The molecule has 0 aliphatic carbocycles. The van der Waals surface area contributed by atoms with Gasteiger partial charge in [0.1, 0.15) is 5.69 Å². The Bertz CT molecular complexity index is 882. The molecule has 1 amide bonds. The molecule has 0 unspecified atom stereocenters. The summed E-state index contributed by atoms with van der Waals surface area (Å²) in [5, 5.41) is 3.16. The first kappa shape index (κ1) is 17.5. The lowest BCUT2D eigenvalue weighted by molar-refractivity contribution is 0.0791. The van der Waals surface area contributed by atoms with E-state index in [4.69, 9.17) is 0 Å². The van der Waals surface area contributed by atoms with E-state index in [-0.39, 0.29) is 5.91 Å². The van der Waals surface area contributed by atoms with E-state index >= 15 is 0 Å². The molecular weight excluding hydrogens is 326 g/mol. The fraction of sp³-hybridized carbons (Fsp3) is 0.200. The van der Waals surface area contributed by atoms with Crippen LogP contribution < -0.4 is 5.32 Å². The largest absolute Gasteiger partial charge is 0.340 e. The Hall–Kier alpha value is -3.28. The molecule has 0 bridgehead atoms. The number of pyridine rings is 1. The molecule has 2 aromatic heterocycles. The maximum absolute atomic E-state index is 12.6. The summed E-state index contributed by atoms with van der Waals surface area (Å²) in [7, 11) is 1.78. The quantitative estimate of drug-likeness (QED) is 0.741. The number of benzene rings is 1. The highest BCUT2D eigenvalue weighted by atomic mass is 16.2. The van der Waals surface area contributed by atoms with Gasteiger partial charge in [0.05, 0.1) is 0 Å². The van der Waals surface area contributed by atoms with Crippen LogP contribution in [-0.2, 0) is 6.42 Å². The summed E-state index contributed by atoms with van der Waals surface area (Å²) in [4.78, 5) is 26.9. The number of anilines is 2. The number of aryl methyl sites for hydroxylation is 1. The molecule has 3 aromatic rings. The molecule has 6 heteroatoms. The van der Waals surface area contributed by atoms with Crippen LogP contribution in [0.1, 0.15) is 21.6 Å². The summed E-state index contributed by atoms with van der Waals surface area (Å²) < 4.78 is 0. The Balaban J connectivity index is 1.66. The Labute approximate surface area is 153 Å². The lowest BCUT2D eigenvalue weighted by atomic mass is 10.2. The maximum Gasteiger partial charge on any atom is 0.272 e. The fourth-order valence-corrected chi connectivity index (χ4v) is 2.51. The Morgan fingerprint density at radius 1 is 1.08 bits per heavy atom. The minimum absolute atomic E-state index is 0.130. The molecule has 0 atom stereocenters. The van der Waals surface area contributed by atoms with Gasteiger partial charge in [-0.05, 0) is 48.7 Å². The minimum atomic E-state index is -0.130. The van der Waals surface area contributed by atoms with Gasteiger partial charge >= 0.3 is 0 Å². The summed E-state index contributed by atoms with van der Waals surface area (Å²) in [5.74, 6) is 0.280. The third kappa shape index (κ3) is 4.42. The van der Waals surface area contributed by atoms with E-state index in [0.717, 1.165) is 23.2 Å². The Kier molecular flexibility index (Phi) is 5.53. The van der Waals surface area contributed by atoms with Gasteiger partial charge in [-0.2, -0.15) is 0 Å². The van der Waals surface area contributed by atoms with Crippen molar-refractivity contribution in [1.82, 2.24) is 19.9 Å². The van der Waals surface area contributed by atoms with E-state index in [2.05, 4.69) is 20.3 Å². The lowest BCUT2D eigenvalue weighted by Gasteiger charge is -2.17. The molecule has 26 heavy (non-hydrogen) atoms. The average molecular weight is 347 g/mol. The van der Waals surface area contributed by atoms with E-state index < -0.39 is 0 Å². The highest BCUT2D eigenvalue weighted by Crippen LogP contribution is 2.17. The molecule has 0 saturated carbocycles. The zero-order chi connectivity index (χ0) is 18.4. The van der Waals surface area contributed by atoms with Gasteiger partial charge in [-0.25, -0.2) is 9.97 Å². The topological polar surface area (TPSA) is 71.0 Å². The number of carbonyl (C=O) groups excluding carboxylic acids is 1. The van der Waals surface area contributed by atoms with Crippen molar-refractivity contribution in [3.63, 3.8) is 0 Å². The van der Waals surface area contributed by atoms with Crippen molar-refractivity contribution >= 4 is 17.5 Å². The number of aromatic nitrogens is 3. The second-order valence-corrected chi connectivity index (χ2v) is 6.04. The van der Waals surface area contributed by atoms with Crippen molar-refractivity contribution in [3.8, 4) is 0 Å². The van der Waals surface area contributed by atoms with Crippen LogP contribution >= 0.6 is 0 Å². The van der Waals surface area contributed by atoms with Crippen LogP contribution in [-0.4, -0.2) is 39.4 Å². The van der Waals surface area contributed by atoms with Gasteiger partial charge in [0.25, 0.3) is 5.91 Å². The number of rotatable bonds is 6. The number of hydrogen-bond acceptors (Lipinski definition) is 5. The molecule has 0 radical (unpaired) electrons. The van der Waals surface area contributed by atoms with Crippen molar-refractivity contribution in [2.45, 2.75) is 13.3 Å². The van der Waals surface area contributed by atoms with Gasteiger partial charge in [-0.3, -0.25) is 9.78 Å². The molecule has 0 aliphatic rings. The van der Waals surface area contributed by atoms with Gasteiger partial charge in [-0.15, -0.1) is 0 Å². The number of nitrogens with one attached hydrogen (secondary N) is 1. The van der Waals surface area contributed by atoms with Crippen molar-refractivity contribution in [3.05, 3.63) is 77.9 Å². The zero-order valence-corrected chi connectivity index (χ0v) is 14.9. The van der Waals surface area contributed by atoms with E-state index in [1.165, 1.54) is 0 Å². The molecule has 1 aromatic carbocycles. The molecule has 0 aliphatic heterocycles. The second kappa shape index (κ2) is 8.20. The van der Waals surface area contributed by atoms with Crippen LogP contribution in [0.25, 0.3) is 0 Å². The summed E-state index contributed by atoms with van der Waals surface area (Å²) in [6.07, 6.45) is 5.87. The molecular formula is C20H21N5O. The predicted octanol–water partition coefficient (Wildman–Crippen LogP) is 3.24. The van der Waals surface area contributed by atoms with Crippen molar-refractivity contribution in [2.75, 3.05) is 18.9 Å². The van der Waals surface area contributed by atoms with E-state index in [1.54, 1.807) is 36.6 Å². The van der Waals surface area contributed by atoms with Gasteiger partial charge in [0.2, 0.25) is 5.95 Å². The van der Waals surface area contributed by atoms with Crippen LogP contribution in [0.4, 0.5) is 11.6 Å². The number of likely N-dealkylation sites (N-methyl/N-ethyl adjacent to an activating group) is 1. The van der Waals surface area contributed by atoms with Crippen LogP contribution in [0, 0.1) is 6.92 Å². The van der Waals surface area contributed by atoms with Crippen molar-refractivity contribution < 1.29 is 4.79 Å². The van der Waals surface area contributed by atoms with Crippen molar-refractivity contribution in [2.24, 2.45) is 0 Å². The van der Waals surface area contributed by atoms with Gasteiger partial charge in [0, 0.05) is 37.9 Å². The SMILES string of the molecule is Cc1ccccc1Nc1nccc(C(=O)N(C)CCc2ccncc2)n1. The first-order valence-electron chi connectivity index (χ1n) is 8.43. The summed E-state index contributed by atoms with van der Waals surface area (Å²) in [6, 6.07) is 13.4. The van der Waals surface area contributed by atoms with Gasteiger partial charge in [-0.1, -0.05) is 18.2 Å². The first-order chi connectivity index (χ1) is 12.6. The molecule has 0 spiro atoms. The van der Waals surface area contributed by atoms with E-state index in [1.807, 2.05) is 43.3 Å². The molecule has 3 rings (SSSR count). The number of para-hydroxylation sites is 1. The number of hydrogen-bond donors (Lipinski definition) is 1. The number of nitrogens with zero attached hydrogens (tertiary/aromatic N) is 4. The molecule has 132 valence electrons.